The van der Waals surface area contributed by atoms with Crippen molar-refractivity contribution in [1.82, 2.24) is 24.5 Å². The molecule has 0 aliphatic rings. The Balaban J connectivity index is 1.61. The van der Waals surface area contributed by atoms with Gasteiger partial charge in [0, 0.05) is 22.6 Å². The number of rotatable bonds is 4. The molecule has 0 aliphatic heterocycles. The van der Waals surface area contributed by atoms with Crippen molar-refractivity contribution in [2.45, 2.75) is 11.0 Å². The van der Waals surface area contributed by atoms with Crippen molar-refractivity contribution in [3.05, 3.63) is 75.8 Å². The maximum atomic E-state index is 12.5. The van der Waals surface area contributed by atoms with E-state index >= 15 is 0 Å². The lowest BCUT2D eigenvalue weighted by Crippen LogP contribution is -2.23. The van der Waals surface area contributed by atoms with Gasteiger partial charge in [0.15, 0.2) is 5.16 Å². The van der Waals surface area contributed by atoms with E-state index in [2.05, 4.69) is 31.2 Å². The summed E-state index contributed by atoms with van der Waals surface area (Å²) < 4.78 is 4.34. The van der Waals surface area contributed by atoms with E-state index in [0.29, 0.717) is 16.8 Å². The predicted octanol–water partition coefficient (Wildman–Crippen LogP) is 3.49. The zero-order chi connectivity index (χ0) is 17.2. The molecule has 6 nitrogen and oxygen atoms in total. The lowest BCUT2D eigenvalue weighted by atomic mass is 10.2. The zero-order valence-corrected chi connectivity index (χ0v) is 15.3. The highest BCUT2D eigenvalue weighted by atomic mass is 79.9. The molecule has 2 heterocycles. The molecule has 8 heteroatoms. The van der Waals surface area contributed by atoms with Crippen LogP contribution < -0.4 is 5.56 Å². The average molecular weight is 414 g/mol. The summed E-state index contributed by atoms with van der Waals surface area (Å²) in [6.45, 7) is 0. The first kappa shape index (κ1) is 16.0. The van der Waals surface area contributed by atoms with Crippen LogP contribution in [0.4, 0.5) is 0 Å². The smallest absolute Gasteiger partial charge is 0.278 e. The van der Waals surface area contributed by atoms with Crippen molar-refractivity contribution < 1.29 is 0 Å². The van der Waals surface area contributed by atoms with Crippen LogP contribution in [0.3, 0.4) is 0 Å². The number of benzene rings is 2. The third-order valence-electron chi connectivity index (χ3n) is 3.66. The van der Waals surface area contributed by atoms with E-state index in [9.17, 15) is 4.79 Å². The number of fused-ring (bicyclic) bond motifs is 1. The first-order chi connectivity index (χ1) is 12.2. The molecule has 0 bridgehead atoms. The third-order valence-corrected chi connectivity index (χ3v) is 5.12. The standard InChI is InChI=1S/C17H12BrN5OS/c18-12-5-7-13(8-6-12)22-10-9-19-17(22)25-11-23-16(24)14-3-1-2-4-15(14)20-21-23/h1-10H,11H2. The molecule has 0 saturated heterocycles. The SMILES string of the molecule is O=c1c2ccccc2nnn1CSc1nccn1-c1ccc(Br)cc1. The minimum Gasteiger partial charge on any atom is -0.295 e. The second-order valence-electron chi connectivity index (χ2n) is 5.24. The van der Waals surface area contributed by atoms with Crippen LogP contribution in [0.2, 0.25) is 0 Å². The van der Waals surface area contributed by atoms with E-state index < -0.39 is 0 Å². The quantitative estimate of drug-likeness (QED) is 0.479. The van der Waals surface area contributed by atoms with Crippen LogP contribution in [0.5, 0.6) is 0 Å². The summed E-state index contributed by atoms with van der Waals surface area (Å²) >= 11 is 4.86. The maximum absolute atomic E-state index is 12.5. The molecule has 2 aromatic heterocycles. The van der Waals surface area contributed by atoms with Crippen LogP contribution in [0.15, 0.2) is 75.3 Å². The molecule has 4 aromatic rings. The molecule has 0 saturated carbocycles. The van der Waals surface area contributed by atoms with Gasteiger partial charge < -0.3 is 0 Å². The molecule has 0 spiro atoms. The van der Waals surface area contributed by atoms with Gasteiger partial charge in [-0.15, -0.1) is 5.10 Å². The number of imidazole rings is 1. The second-order valence-corrected chi connectivity index (χ2v) is 7.07. The lowest BCUT2D eigenvalue weighted by Gasteiger charge is -2.08. The Morgan fingerprint density at radius 2 is 1.88 bits per heavy atom. The van der Waals surface area contributed by atoms with E-state index in [4.69, 9.17) is 0 Å². The van der Waals surface area contributed by atoms with E-state index in [0.717, 1.165) is 15.3 Å². The van der Waals surface area contributed by atoms with Gasteiger partial charge in [-0.1, -0.05) is 45.0 Å². The molecule has 2 aromatic carbocycles. The second kappa shape index (κ2) is 6.81. The Hall–Kier alpha value is -2.45. The largest absolute Gasteiger partial charge is 0.295 e. The molecule has 0 amide bonds. The van der Waals surface area contributed by atoms with E-state index in [1.165, 1.54) is 16.4 Å². The van der Waals surface area contributed by atoms with Crippen molar-refractivity contribution in [2.24, 2.45) is 0 Å². The summed E-state index contributed by atoms with van der Waals surface area (Å²) in [6, 6.07) is 15.1. The van der Waals surface area contributed by atoms with Crippen LogP contribution in [-0.2, 0) is 5.88 Å². The summed E-state index contributed by atoms with van der Waals surface area (Å²) in [5, 5.41) is 9.46. The van der Waals surface area contributed by atoms with Crippen molar-refractivity contribution in [1.29, 1.82) is 0 Å². The molecule has 0 atom stereocenters. The molecule has 4 rings (SSSR count). The molecule has 124 valence electrons. The number of hydrogen-bond donors (Lipinski definition) is 0. The van der Waals surface area contributed by atoms with Crippen molar-refractivity contribution in [2.75, 3.05) is 0 Å². The maximum Gasteiger partial charge on any atom is 0.278 e. The van der Waals surface area contributed by atoms with Gasteiger partial charge in [0.25, 0.3) is 5.56 Å². The molecule has 0 N–H and O–H groups in total. The van der Waals surface area contributed by atoms with Gasteiger partial charge in [0.05, 0.1) is 11.3 Å². The Kier molecular flexibility index (Phi) is 4.37. The average Bonchev–Trinajstić information content (AvgIpc) is 3.11. The summed E-state index contributed by atoms with van der Waals surface area (Å²) in [6.07, 6.45) is 3.62. The van der Waals surface area contributed by atoms with Crippen molar-refractivity contribution >= 4 is 38.6 Å². The number of thioether (sulfide) groups is 1. The number of nitrogens with zero attached hydrogens (tertiary/aromatic N) is 5. The van der Waals surface area contributed by atoms with Gasteiger partial charge in [-0.3, -0.25) is 9.36 Å². The molecule has 25 heavy (non-hydrogen) atoms. The fraction of sp³-hybridized carbons (Fsp3) is 0.0588. The van der Waals surface area contributed by atoms with Crippen molar-refractivity contribution in [3.8, 4) is 5.69 Å². The molecule has 0 unspecified atom stereocenters. The fourth-order valence-corrected chi connectivity index (χ4v) is 3.53. The Labute approximate surface area is 155 Å². The predicted molar refractivity (Wildman–Crippen MR) is 101 cm³/mol. The van der Waals surface area contributed by atoms with Crippen LogP contribution in [-0.4, -0.2) is 24.5 Å². The van der Waals surface area contributed by atoms with Crippen LogP contribution in [0, 0.1) is 0 Å². The van der Waals surface area contributed by atoms with Gasteiger partial charge in [0.2, 0.25) is 0 Å². The molecular formula is C17H12BrN5OS. The lowest BCUT2D eigenvalue weighted by molar-refractivity contribution is 0.643. The highest BCUT2D eigenvalue weighted by Gasteiger charge is 2.09. The van der Waals surface area contributed by atoms with Crippen LogP contribution in [0.1, 0.15) is 0 Å². The Bertz CT molecular complexity index is 1090. The number of halogens is 1. The Morgan fingerprint density at radius 3 is 2.72 bits per heavy atom. The van der Waals surface area contributed by atoms with Gasteiger partial charge in [-0.05, 0) is 36.4 Å². The van der Waals surface area contributed by atoms with Crippen LogP contribution in [0.25, 0.3) is 16.6 Å². The zero-order valence-electron chi connectivity index (χ0n) is 12.9. The highest BCUT2D eigenvalue weighted by molar-refractivity contribution is 9.10. The van der Waals surface area contributed by atoms with E-state index in [1.807, 2.05) is 47.2 Å². The minimum absolute atomic E-state index is 0.153. The van der Waals surface area contributed by atoms with Crippen molar-refractivity contribution in [3.63, 3.8) is 0 Å². The third kappa shape index (κ3) is 3.22. The topological polar surface area (TPSA) is 65.6 Å². The molecule has 0 fully saturated rings. The van der Waals surface area contributed by atoms with Crippen LogP contribution >= 0.6 is 27.7 Å². The minimum atomic E-state index is -0.153. The molecule has 0 aliphatic carbocycles. The summed E-state index contributed by atoms with van der Waals surface area (Å²) in [5.74, 6) is 0.338. The Morgan fingerprint density at radius 1 is 1.08 bits per heavy atom. The van der Waals surface area contributed by atoms with Gasteiger partial charge in [-0.25, -0.2) is 4.98 Å². The monoisotopic (exact) mass is 413 g/mol. The normalized spacial score (nSPS) is 11.1. The number of hydrogen-bond acceptors (Lipinski definition) is 5. The van der Waals surface area contributed by atoms with Gasteiger partial charge >= 0.3 is 0 Å². The molecular weight excluding hydrogens is 402 g/mol. The fourth-order valence-electron chi connectivity index (χ4n) is 2.42. The summed E-state index contributed by atoms with van der Waals surface area (Å²) in [5.41, 5.74) is 1.45. The van der Waals surface area contributed by atoms with E-state index in [-0.39, 0.29) is 5.56 Å². The highest BCUT2D eigenvalue weighted by Crippen LogP contribution is 2.22. The van der Waals surface area contributed by atoms with E-state index in [1.54, 1.807) is 18.3 Å². The first-order valence-corrected chi connectivity index (χ1v) is 9.25. The summed E-state index contributed by atoms with van der Waals surface area (Å²) in [7, 11) is 0. The molecule has 0 radical (unpaired) electrons. The summed E-state index contributed by atoms with van der Waals surface area (Å²) in [4.78, 5) is 16.9. The van der Waals surface area contributed by atoms with Gasteiger partial charge in [-0.2, -0.15) is 4.68 Å². The first-order valence-electron chi connectivity index (χ1n) is 7.47. The number of aromatic nitrogens is 5. The van der Waals surface area contributed by atoms with Gasteiger partial charge in [0.1, 0.15) is 5.52 Å².